The average molecular weight is 407 g/mol. The highest BCUT2D eigenvalue weighted by atomic mass is 32.1. The Labute approximate surface area is 173 Å². The van der Waals surface area contributed by atoms with Crippen LogP contribution in [-0.4, -0.2) is 27.8 Å². The lowest BCUT2D eigenvalue weighted by atomic mass is 10.1. The van der Waals surface area contributed by atoms with E-state index in [0.29, 0.717) is 23.1 Å². The number of aromatic nitrogens is 3. The Morgan fingerprint density at radius 1 is 1.21 bits per heavy atom. The molecule has 0 atom stereocenters. The van der Waals surface area contributed by atoms with Gasteiger partial charge in [-0.05, 0) is 36.6 Å². The lowest BCUT2D eigenvalue weighted by Crippen LogP contribution is -2.30. The second kappa shape index (κ2) is 7.67. The number of aryl methyl sites for hydroxylation is 3. The van der Waals surface area contributed by atoms with Crippen molar-refractivity contribution in [2.24, 2.45) is 7.05 Å². The van der Waals surface area contributed by atoms with Crippen LogP contribution in [0.5, 0.6) is 5.88 Å². The van der Waals surface area contributed by atoms with Crippen molar-refractivity contribution in [3.8, 4) is 5.88 Å². The smallest absolute Gasteiger partial charge is 0.267 e. The highest BCUT2D eigenvalue weighted by molar-refractivity contribution is 7.22. The molecule has 0 saturated heterocycles. The standard InChI is InChI=1S/C22H22N4O2S/c1-14-10-15(2)19-18(11-14)29-22(23-19)26(12-16-8-6-5-7-9-16)21(27)17-13-25(3)24-20(17)28-4/h5-11,13H,12H2,1-4H3. The van der Waals surface area contributed by atoms with Crippen molar-refractivity contribution in [2.75, 3.05) is 12.0 Å². The van der Waals surface area contributed by atoms with Crippen molar-refractivity contribution >= 4 is 32.6 Å². The van der Waals surface area contributed by atoms with E-state index in [9.17, 15) is 4.79 Å². The Hall–Kier alpha value is -3.19. The number of fused-ring (bicyclic) bond motifs is 1. The van der Waals surface area contributed by atoms with E-state index < -0.39 is 0 Å². The normalized spacial score (nSPS) is 11.0. The van der Waals surface area contributed by atoms with Crippen molar-refractivity contribution in [1.29, 1.82) is 0 Å². The van der Waals surface area contributed by atoms with Gasteiger partial charge in [0.2, 0.25) is 5.88 Å². The number of carbonyl (C=O) groups is 1. The first-order valence-corrected chi connectivity index (χ1v) is 10.1. The number of amides is 1. The molecule has 0 aliphatic carbocycles. The summed E-state index contributed by atoms with van der Waals surface area (Å²) in [6.07, 6.45) is 1.68. The molecule has 0 N–H and O–H groups in total. The highest BCUT2D eigenvalue weighted by Crippen LogP contribution is 2.34. The fourth-order valence-corrected chi connectivity index (χ4v) is 4.52. The molecule has 0 fully saturated rings. The summed E-state index contributed by atoms with van der Waals surface area (Å²) >= 11 is 1.52. The molecule has 2 aromatic heterocycles. The van der Waals surface area contributed by atoms with Crippen LogP contribution in [0.4, 0.5) is 5.13 Å². The second-order valence-electron chi connectivity index (χ2n) is 7.03. The Kier molecular flexibility index (Phi) is 5.07. The van der Waals surface area contributed by atoms with Crippen molar-refractivity contribution in [1.82, 2.24) is 14.8 Å². The fourth-order valence-electron chi connectivity index (χ4n) is 3.38. The van der Waals surface area contributed by atoms with Gasteiger partial charge in [0.15, 0.2) is 5.13 Å². The third-order valence-electron chi connectivity index (χ3n) is 4.70. The van der Waals surface area contributed by atoms with Crippen molar-refractivity contribution in [2.45, 2.75) is 20.4 Å². The number of nitrogens with zero attached hydrogens (tertiary/aromatic N) is 4. The van der Waals surface area contributed by atoms with Gasteiger partial charge in [-0.2, -0.15) is 0 Å². The minimum absolute atomic E-state index is 0.188. The SMILES string of the molecule is COc1nn(C)cc1C(=O)N(Cc1ccccc1)c1nc2c(C)cc(C)cc2s1. The van der Waals surface area contributed by atoms with Crippen LogP contribution in [0.15, 0.2) is 48.7 Å². The van der Waals surface area contributed by atoms with Gasteiger partial charge in [0, 0.05) is 13.2 Å². The molecule has 1 amide bonds. The Morgan fingerprint density at radius 3 is 2.69 bits per heavy atom. The zero-order valence-corrected chi connectivity index (χ0v) is 17.7. The van der Waals surface area contributed by atoms with Crippen LogP contribution >= 0.6 is 11.3 Å². The van der Waals surface area contributed by atoms with Crippen LogP contribution in [0.1, 0.15) is 27.0 Å². The maximum absolute atomic E-state index is 13.5. The molecule has 29 heavy (non-hydrogen) atoms. The van der Waals surface area contributed by atoms with Crippen LogP contribution in [0.25, 0.3) is 10.2 Å². The predicted molar refractivity (Wildman–Crippen MR) is 116 cm³/mol. The Balaban J connectivity index is 1.82. The summed E-state index contributed by atoms with van der Waals surface area (Å²) in [5, 5.41) is 4.89. The predicted octanol–water partition coefficient (Wildman–Crippen LogP) is 4.50. The van der Waals surface area contributed by atoms with Gasteiger partial charge in [0.05, 0.1) is 23.9 Å². The molecular formula is C22H22N4O2S. The molecule has 0 aliphatic heterocycles. The van der Waals surface area contributed by atoms with E-state index in [1.165, 1.54) is 24.0 Å². The number of hydrogen-bond acceptors (Lipinski definition) is 5. The van der Waals surface area contributed by atoms with Crippen molar-refractivity contribution in [3.63, 3.8) is 0 Å². The van der Waals surface area contributed by atoms with Crippen LogP contribution in [0, 0.1) is 13.8 Å². The summed E-state index contributed by atoms with van der Waals surface area (Å²) in [5.41, 5.74) is 4.65. The molecule has 0 radical (unpaired) electrons. The number of benzene rings is 2. The number of carbonyl (C=O) groups excluding carboxylic acids is 1. The number of thiazole rings is 1. The van der Waals surface area contributed by atoms with Gasteiger partial charge in [-0.15, -0.1) is 5.10 Å². The van der Waals surface area contributed by atoms with E-state index in [-0.39, 0.29) is 5.91 Å². The summed E-state index contributed by atoms with van der Waals surface area (Å²) in [4.78, 5) is 20.0. The Bertz CT molecular complexity index is 1180. The second-order valence-corrected chi connectivity index (χ2v) is 8.04. The lowest BCUT2D eigenvalue weighted by molar-refractivity contribution is 0.0982. The van der Waals surface area contributed by atoms with Gasteiger partial charge in [-0.1, -0.05) is 47.7 Å². The van der Waals surface area contributed by atoms with Crippen LogP contribution in [-0.2, 0) is 13.6 Å². The minimum Gasteiger partial charge on any atom is -0.479 e. The van der Waals surface area contributed by atoms with E-state index in [0.717, 1.165) is 21.3 Å². The quantitative estimate of drug-likeness (QED) is 0.490. The number of methoxy groups -OCH3 is 1. The summed E-state index contributed by atoms with van der Waals surface area (Å²) < 4.78 is 7.97. The molecule has 0 spiro atoms. The molecule has 0 saturated carbocycles. The molecule has 2 heterocycles. The Morgan fingerprint density at radius 2 is 1.97 bits per heavy atom. The molecule has 0 aliphatic rings. The number of ether oxygens (including phenoxy) is 1. The molecule has 7 heteroatoms. The van der Waals surface area contributed by atoms with E-state index in [1.54, 1.807) is 22.8 Å². The van der Waals surface area contributed by atoms with Gasteiger partial charge < -0.3 is 4.74 Å². The van der Waals surface area contributed by atoms with E-state index >= 15 is 0 Å². The van der Waals surface area contributed by atoms with Gasteiger partial charge >= 0.3 is 0 Å². The van der Waals surface area contributed by atoms with Crippen molar-refractivity contribution in [3.05, 3.63) is 70.9 Å². The number of rotatable bonds is 5. The first-order chi connectivity index (χ1) is 14.0. The van der Waals surface area contributed by atoms with Gasteiger partial charge in [-0.3, -0.25) is 14.4 Å². The minimum atomic E-state index is -0.188. The molecule has 4 rings (SSSR count). The average Bonchev–Trinajstić information content (AvgIpc) is 3.29. The van der Waals surface area contributed by atoms with Crippen LogP contribution < -0.4 is 9.64 Å². The molecule has 2 aromatic carbocycles. The number of hydrogen-bond donors (Lipinski definition) is 0. The topological polar surface area (TPSA) is 60.3 Å². The fraction of sp³-hybridized carbons (Fsp3) is 0.227. The maximum atomic E-state index is 13.5. The molecular weight excluding hydrogens is 384 g/mol. The summed E-state index contributed by atoms with van der Waals surface area (Å²) in [6, 6.07) is 14.1. The first-order valence-electron chi connectivity index (χ1n) is 9.27. The zero-order chi connectivity index (χ0) is 20.5. The van der Waals surface area contributed by atoms with Crippen molar-refractivity contribution < 1.29 is 9.53 Å². The van der Waals surface area contributed by atoms with Gasteiger partial charge in [0.1, 0.15) is 5.56 Å². The lowest BCUT2D eigenvalue weighted by Gasteiger charge is -2.19. The van der Waals surface area contributed by atoms with Crippen LogP contribution in [0.2, 0.25) is 0 Å². The van der Waals surface area contributed by atoms with Gasteiger partial charge in [0.25, 0.3) is 5.91 Å². The summed E-state index contributed by atoms with van der Waals surface area (Å²) in [7, 11) is 3.29. The van der Waals surface area contributed by atoms with Gasteiger partial charge in [-0.25, -0.2) is 4.98 Å². The highest BCUT2D eigenvalue weighted by Gasteiger charge is 2.26. The molecule has 4 aromatic rings. The monoisotopic (exact) mass is 406 g/mol. The third kappa shape index (κ3) is 3.73. The van der Waals surface area contributed by atoms with E-state index in [1.807, 2.05) is 37.3 Å². The molecule has 0 unspecified atom stereocenters. The first kappa shape index (κ1) is 19.1. The van der Waals surface area contributed by atoms with E-state index in [4.69, 9.17) is 9.72 Å². The molecule has 6 nitrogen and oxygen atoms in total. The molecule has 148 valence electrons. The maximum Gasteiger partial charge on any atom is 0.267 e. The largest absolute Gasteiger partial charge is 0.479 e. The summed E-state index contributed by atoms with van der Waals surface area (Å²) in [5.74, 6) is 0.121. The molecule has 0 bridgehead atoms. The zero-order valence-electron chi connectivity index (χ0n) is 16.8. The van der Waals surface area contributed by atoms with E-state index in [2.05, 4.69) is 24.2 Å². The van der Waals surface area contributed by atoms with Crippen LogP contribution in [0.3, 0.4) is 0 Å². The summed E-state index contributed by atoms with van der Waals surface area (Å²) in [6.45, 7) is 4.53. The third-order valence-corrected chi connectivity index (χ3v) is 5.72. The number of anilines is 1.